The second-order valence-corrected chi connectivity index (χ2v) is 9.55. The fraction of sp³-hybridized carbons (Fsp3) is 0.238. The summed E-state index contributed by atoms with van der Waals surface area (Å²) in [5.74, 6) is -0.434. The Bertz CT molecular complexity index is 1300. The van der Waals surface area contributed by atoms with Crippen molar-refractivity contribution in [2.45, 2.75) is 19.9 Å². The van der Waals surface area contributed by atoms with E-state index in [9.17, 15) is 9.59 Å². The lowest BCUT2D eigenvalue weighted by molar-refractivity contribution is -0.117. The van der Waals surface area contributed by atoms with Gasteiger partial charge in [-0.25, -0.2) is 15.0 Å². The number of nitrogens with one attached hydrogen (secondary N) is 2. The standard InChI is InChI=1S/C21H19N7O2S2/c1-12-2-3-13-16(8-12)31-20(24-13)26-18(29)11-28-7-4-14-17(10-28)32-21(25-14)27-19(30)15-9-22-5-6-23-15/h2-3,5-6,8-9H,4,7,10-11H2,1H3,(H,24,26,29)(H,25,27,30). The van der Waals surface area contributed by atoms with Crippen molar-refractivity contribution >= 4 is 55.0 Å². The number of aryl methyl sites for hydroxylation is 1. The van der Waals surface area contributed by atoms with Crippen LogP contribution in [0.1, 0.15) is 26.6 Å². The molecule has 9 nitrogen and oxygen atoms in total. The Morgan fingerprint density at radius 1 is 1.12 bits per heavy atom. The quantitative estimate of drug-likeness (QED) is 0.466. The van der Waals surface area contributed by atoms with Crippen LogP contribution in [0.25, 0.3) is 10.2 Å². The van der Waals surface area contributed by atoms with E-state index in [1.807, 2.05) is 19.1 Å². The van der Waals surface area contributed by atoms with Gasteiger partial charge in [0.05, 0.1) is 28.7 Å². The van der Waals surface area contributed by atoms with Crippen LogP contribution in [0.4, 0.5) is 10.3 Å². The minimum Gasteiger partial charge on any atom is -0.301 e. The van der Waals surface area contributed by atoms with Crippen molar-refractivity contribution in [3.8, 4) is 0 Å². The van der Waals surface area contributed by atoms with Crippen LogP contribution in [-0.4, -0.2) is 49.7 Å². The molecule has 1 aromatic carbocycles. The molecule has 32 heavy (non-hydrogen) atoms. The fourth-order valence-corrected chi connectivity index (χ4v) is 5.49. The molecule has 5 rings (SSSR count). The van der Waals surface area contributed by atoms with E-state index in [2.05, 4.69) is 41.5 Å². The maximum Gasteiger partial charge on any atom is 0.277 e. The molecule has 1 aliphatic rings. The number of carbonyl (C=O) groups excluding carboxylic acids is 2. The second kappa shape index (κ2) is 8.69. The largest absolute Gasteiger partial charge is 0.301 e. The number of aromatic nitrogens is 4. The SMILES string of the molecule is Cc1ccc2nc(NC(=O)CN3CCc4nc(NC(=O)c5cnccn5)sc4C3)sc2c1. The molecule has 0 radical (unpaired) electrons. The third-order valence-electron chi connectivity index (χ3n) is 4.98. The molecule has 0 saturated carbocycles. The van der Waals surface area contributed by atoms with Crippen molar-refractivity contribution in [3.05, 3.63) is 58.6 Å². The van der Waals surface area contributed by atoms with E-state index in [4.69, 9.17) is 0 Å². The average Bonchev–Trinajstić information content (AvgIpc) is 3.36. The maximum atomic E-state index is 12.6. The number of fused-ring (bicyclic) bond motifs is 2. The second-order valence-electron chi connectivity index (χ2n) is 7.43. The summed E-state index contributed by atoms with van der Waals surface area (Å²) in [7, 11) is 0. The van der Waals surface area contributed by atoms with E-state index in [0.717, 1.165) is 33.8 Å². The molecule has 3 aromatic heterocycles. The normalized spacial score (nSPS) is 13.7. The molecule has 11 heteroatoms. The van der Waals surface area contributed by atoms with Gasteiger partial charge in [-0.05, 0) is 24.6 Å². The summed E-state index contributed by atoms with van der Waals surface area (Å²) in [5.41, 5.74) is 3.26. The van der Waals surface area contributed by atoms with Crippen molar-refractivity contribution in [2.75, 3.05) is 23.7 Å². The molecule has 0 aliphatic carbocycles. The van der Waals surface area contributed by atoms with Crippen LogP contribution in [0.5, 0.6) is 0 Å². The van der Waals surface area contributed by atoms with E-state index < -0.39 is 0 Å². The van der Waals surface area contributed by atoms with Gasteiger partial charge in [0.1, 0.15) is 5.69 Å². The summed E-state index contributed by atoms with van der Waals surface area (Å²) in [5, 5.41) is 6.84. The van der Waals surface area contributed by atoms with E-state index in [1.54, 1.807) is 0 Å². The minimum atomic E-state index is -0.341. The average molecular weight is 466 g/mol. The highest BCUT2D eigenvalue weighted by Gasteiger charge is 2.23. The molecule has 0 spiro atoms. The van der Waals surface area contributed by atoms with Gasteiger partial charge in [0.15, 0.2) is 10.3 Å². The molecule has 0 saturated heterocycles. The smallest absolute Gasteiger partial charge is 0.277 e. The number of hydrogen-bond donors (Lipinski definition) is 2. The first kappa shape index (κ1) is 20.6. The van der Waals surface area contributed by atoms with Gasteiger partial charge >= 0.3 is 0 Å². The molecule has 2 N–H and O–H groups in total. The predicted molar refractivity (Wildman–Crippen MR) is 124 cm³/mol. The highest BCUT2D eigenvalue weighted by molar-refractivity contribution is 7.22. The van der Waals surface area contributed by atoms with E-state index >= 15 is 0 Å². The molecule has 0 atom stereocenters. The number of carbonyl (C=O) groups is 2. The number of amides is 2. The number of benzene rings is 1. The molecule has 4 heterocycles. The van der Waals surface area contributed by atoms with E-state index in [-0.39, 0.29) is 24.1 Å². The van der Waals surface area contributed by atoms with Crippen LogP contribution in [0.2, 0.25) is 0 Å². The monoisotopic (exact) mass is 465 g/mol. The van der Waals surface area contributed by atoms with Gasteiger partial charge in [0, 0.05) is 36.8 Å². The summed E-state index contributed by atoms with van der Waals surface area (Å²) in [4.78, 5) is 44.9. The summed E-state index contributed by atoms with van der Waals surface area (Å²) < 4.78 is 1.06. The number of rotatable bonds is 5. The molecule has 0 bridgehead atoms. The maximum absolute atomic E-state index is 12.6. The van der Waals surface area contributed by atoms with Gasteiger partial charge in [-0.1, -0.05) is 17.4 Å². The zero-order chi connectivity index (χ0) is 22.1. The fourth-order valence-electron chi connectivity index (χ4n) is 3.46. The number of nitrogens with zero attached hydrogens (tertiary/aromatic N) is 5. The summed E-state index contributed by atoms with van der Waals surface area (Å²) in [6.45, 7) is 3.64. The zero-order valence-corrected chi connectivity index (χ0v) is 18.8. The zero-order valence-electron chi connectivity index (χ0n) is 17.2. The van der Waals surface area contributed by atoms with Crippen LogP contribution < -0.4 is 10.6 Å². The van der Waals surface area contributed by atoms with Gasteiger partial charge in [-0.15, -0.1) is 11.3 Å². The summed E-state index contributed by atoms with van der Waals surface area (Å²) >= 11 is 2.90. The van der Waals surface area contributed by atoms with Crippen molar-refractivity contribution in [1.29, 1.82) is 0 Å². The molecule has 1 aliphatic heterocycles. The molecule has 4 aromatic rings. The lowest BCUT2D eigenvalue weighted by Crippen LogP contribution is -2.36. The summed E-state index contributed by atoms with van der Waals surface area (Å²) in [6, 6.07) is 6.05. The van der Waals surface area contributed by atoms with Crippen molar-refractivity contribution in [3.63, 3.8) is 0 Å². The first-order valence-corrected chi connectivity index (χ1v) is 11.6. The lowest BCUT2D eigenvalue weighted by atomic mass is 10.2. The van der Waals surface area contributed by atoms with Gasteiger partial charge in [0.2, 0.25) is 5.91 Å². The Balaban J connectivity index is 1.19. The molecule has 2 amide bonds. The van der Waals surface area contributed by atoms with E-state index in [0.29, 0.717) is 16.8 Å². The highest BCUT2D eigenvalue weighted by Crippen LogP contribution is 2.29. The van der Waals surface area contributed by atoms with Crippen LogP contribution in [0.15, 0.2) is 36.8 Å². The first-order chi connectivity index (χ1) is 15.5. The van der Waals surface area contributed by atoms with Crippen LogP contribution in [0.3, 0.4) is 0 Å². The van der Waals surface area contributed by atoms with Gasteiger partial charge < -0.3 is 5.32 Å². The van der Waals surface area contributed by atoms with Crippen LogP contribution >= 0.6 is 22.7 Å². The number of anilines is 2. The Hall–Kier alpha value is -3.28. The van der Waals surface area contributed by atoms with E-state index in [1.165, 1.54) is 46.8 Å². The van der Waals surface area contributed by atoms with Crippen molar-refractivity contribution in [2.24, 2.45) is 0 Å². The Labute approximate surface area is 191 Å². The lowest BCUT2D eigenvalue weighted by Gasteiger charge is -2.24. The topological polar surface area (TPSA) is 113 Å². The predicted octanol–water partition coefficient (Wildman–Crippen LogP) is 3.10. The van der Waals surface area contributed by atoms with Gasteiger partial charge in [0.25, 0.3) is 5.91 Å². The van der Waals surface area contributed by atoms with Crippen molar-refractivity contribution < 1.29 is 9.59 Å². The number of thiazole rings is 2. The molecule has 0 unspecified atom stereocenters. The third kappa shape index (κ3) is 4.49. The molecular formula is C21H19N7O2S2. The summed E-state index contributed by atoms with van der Waals surface area (Å²) in [6.07, 6.45) is 5.12. The highest BCUT2D eigenvalue weighted by atomic mass is 32.1. The van der Waals surface area contributed by atoms with Crippen LogP contribution in [-0.2, 0) is 17.8 Å². The van der Waals surface area contributed by atoms with Crippen molar-refractivity contribution in [1.82, 2.24) is 24.8 Å². The van der Waals surface area contributed by atoms with Crippen LogP contribution in [0, 0.1) is 6.92 Å². The Morgan fingerprint density at radius 3 is 2.84 bits per heavy atom. The Morgan fingerprint density at radius 2 is 2.00 bits per heavy atom. The molecular weight excluding hydrogens is 446 g/mol. The first-order valence-electron chi connectivity index (χ1n) is 9.99. The number of hydrogen-bond acceptors (Lipinski definition) is 9. The molecule has 0 fully saturated rings. The molecule has 162 valence electrons. The minimum absolute atomic E-state index is 0.0927. The van der Waals surface area contributed by atoms with Gasteiger partial charge in [-0.2, -0.15) is 0 Å². The third-order valence-corrected chi connectivity index (χ3v) is 6.92. The van der Waals surface area contributed by atoms with Gasteiger partial charge in [-0.3, -0.25) is 24.8 Å². The Kier molecular flexibility index (Phi) is 5.60.